The first-order valence-electron chi connectivity index (χ1n) is 18.8. The van der Waals surface area contributed by atoms with Gasteiger partial charge in [0.15, 0.2) is 6.10 Å². The second-order valence-electron chi connectivity index (χ2n) is 12.5. The van der Waals surface area contributed by atoms with Gasteiger partial charge in [-0.2, -0.15) is 0 Å². The van der Waals surface area contributed by atoms with E-state index in [1.165, 1.54) is 70.6 Å². The summed E-state index contributed by atoms with van der Waals surface area (Å²) in [4.78, 5) is 42.7. The van der Waals surface area contributed by atoms with Crippen molar-refractivity contribution in [2.75, 3.05) is 13.2 Å². The van der Waals surface area contributed by atoms with Crippen LogP contribution in [-0.2, 0) is 28.2 Å². The lowest BCUT2D eigenvalue weighted by molar-refractivity contribution is -0.161. The lowest BCUT2D eigenvalue weighted by atomic mass is 10.1. The van der Waals surface area contributed by atoms with Gasteiger partial charge < -0.3 is 19.3 Å². The molecule has 0 radical (unpaired) electrons. The molecule has 274 valence electrons. The number of carbonyl (C=O) groups is 2. The van der Waals surface area contributed by atoms with Crippen molar-refractivity contribution in [3.05, 3.63) is 36.5 Å². The Morgan fingerprint density at radius 2 is 0.957 bits per heavy atom. The molecule has 0 amide bonds. The minimum absolute atomic E-state index is 0.206. The van der Waals surface area contributed by atoms with Crippen LogP contribution in [-0.4, -0.2) is 41.0 Å². The van der Waals surface area contributed by atoms with E-state index in [1.54, 1.807) is 0 Å². The summed E-state index contributed by atoms with van der Waals surface area (Å²) in [5.74, 6) is -0.904. The standard InChI is InChI=1S/C38H69O8P/c1-3-5-7-9-11-13-15-17-19-21-23-25-27-29-31-33-38(40)46-36(35-45-47(41,42)43)34-44-37(39)32-30-28-26-24-22-20-18-16-14-12-10-8-6-4-2/h9-12,16,18,36H,3-8,13-15,17,19-35H2,1-2H3,(H2,41,42,43)/b11-9+,12-10+,18-16+/t36-/m1/s1. The number of allylic oxidation sites excluding steroid dienone is 6. The molecule has 0 spiro atoms. The topological polar surface area (TPSA) is 119 Å². The Morgan fingerprint density at radius 1 is 0.553 bits per heavy atom. The average Bonchev–Trinajstić information content (AvgIpc) is 3.03. The molecule has 0 unspecified atom stereocenters. The molecule has 2 N–H and O–H groups in total. The van der Waals surface area contributed by atoms with E-state index in [0.29, 0.717) is 12.8 Å². The van der Waals surface area contributed by atoms with Gasteiger partial charge in [0, 0.05) is 12.8 Å². The summed E-state index contributed by atoms with van der Waals surface area (Å²) in [5.41, 5.74) is 0. The molecule has 8 nitrogen and oxygen atoms in total. The van der Waals surface area contributed by atoms with Gasteiger partial charge in [-0.05, 0) is 57.8 Å². The van der Waals surface area contributed by atoms with Crippen molar-refractivity contribution in [3.63, 3.8) is 0 Å². The Labute approximate surface area is 287 Å². The summed E-state index contributed by atoms with van der Waals surface area (Å²) < 4.78 is 26.3. The summed E-state index contributed by atoms with van der Waals surface area (Å²) in [5, 5.41) is 0. The van der Waals surface area contributed by atoms with Crippen LogP contribution in [0, 0.1) is 0 Å². The number of rotatable bonds is 34. The fourth-order valence-electron chi connectivity index (χ4n) is 5.02. The molecule has 9 heteroatoms. The largest absolute Gasteiger partial charge is 0.469 e. The molecule has 0 heterocycles. The first kappa shape index (κ1) is 45.3. The Balaban J connectivity index is 3.99. The van der Waals surface area contributed by atoms with Crippen LogP contribution in [0.5, 0.6) is 0 Å². The quantitative estimate of drug-likeness (QED) is 0.0297. The molecule has 0 bridgehead atoms. The Hall–Kier alpha value is -1.73. The fourth-order valence-corrected chi connectivity index (χ4v) is 5.38. The Bertz CT molecular complexity index is 864. The second kappa shape index (κ2) is 34.1. The predicted molar refractivity (Wildman–Crippen MR) is 193 cm³/mol. The minimum atomic E-state index is -4.75. The third kappa shape index (κ3) is 36.9. The van der Waals surface area contributed by atoms with Gasteiger partial charge in [-0.3, -0.25) is 14.1 Å². The molecule has 0 aliphatic carbocycles. The van der Waals surface area contributed by atoms with Crippen molar-refractivity contribution in [2.45, 2.75) is 180 Å². The molecular weight excluding hydrogens is 615 g/mol. The third-order valence-corrected chi connectivity index (χ3v) is 8.37. The Morgan fingerprint density at radius 3 is 1.43 bits per heavy atom. The summed E-state index contributed by atoms with van der Waals surface area (Å²) in [7, 11) is -4.75. The number of phosphoric ester groups is 1. The Kier molecular flexibility index (Phi) is 32.9. The molecule has 47 heavy (non-hydrogen) atoms. The molecule has 0 aromatic carbocycles. The van der Waals surface area contributed by atoms with Gasteiger partial charge >= 0.3 is 19.8 Å². The highest BCUT2D eigenvalue weighted by Gasteiger charge is 2.22. The van der Waals surface area contributed by atoms with Crippen LogP contribution in [0.3, 0.4) is 0 Å². The number of hydrogen-bond acceptors (Lipinski definition) is 6. The van der Waals surface area contributed by atoms with E-state index in [1.807, 2.05) is 0 Å². The third-order valence-electron chi connectivity index (χ3n) is 7.88. The molecule has 0 saturated carbocycles. The van der Waals surface area contributed by atoms with Gasteiger partial charge in [-0.1, -0.05) is 140 Å². The molecular formula is C38H69O8P. The molecule has 0 rings (SSSR count). The summed E-state index contributed by atoms with van der Waals surface area (Å²) in [6, 6.07) is 0. The van der Waals surface area contributed by atoms with Crippen LogP contribution in [0.2, 0.25) is 0 Å². The zero-order valence-corrected chi connectivity index (χ0v) is 30.8. The van der Waals surface area contributed by atoms with Gasteiger partial charge in [-0.15, -0.1) is 0 Å². The number of unbranched alkanes of at least 4 members (excludes halogenated alkanes) is 18. The van der Waals surface area contributed by atoms with Crippen molar-refractivity contribution >= 4 is 19.8 Å². The highest BCUT2D eigenvalue weighted by atomic mass is 31.2. The molecule has 0 aliphatic rings. The first-order valence-corrected chi connectivity index (χ1v) is 20.3. The second-order valence-corrected chi connectivity index (χ2v) is 13.8. The SMILES string of the molecule is CCCC/C=C/C/C=C/CCCCCCCC(=O)OC[C@H](COP(=O)(O)O)OC(=O)CCCCCCCCCCC/C=C/CCCC. The summed E-state index contributed by atoms with van der Waals surface area (Å²) in [6.45, 7) is 3.59. The zero-order chi connectivity index (χ0) is 34.7. The van der Waals surface area contributed by atoms with Crippen molar-refractivity contribution in [1.82, 2.24) is 0 Å². The van der Waals surface area contributed by atoms with Crippen LogP contribution in [0.25, 0.3) is 0 Å². The van der Waals surface area contributed by atoms with Gasteiger partial charge in [0.2, 0.25) is 0 Å². The van der Waals surface area contributed by atoms with Crippen LogP contribution >= 0.6 is 7.82 Å². The zero-order valence-electron chi connectivity index (χ0n) is 29.9. The van der Waals surface area contributed by atoms with E-state index < -0.39 is 32.5 Å². The van der Waals surface area contributed by atoms with E-state index in [-0.39, 0.29) is 19.4 Å². The monoisotopic (exact) mass is 684 g/mol. The van der Waals surface area contributed by atoms with Crippen LogP contribution < -0.4 is 0 Å². The fraction of sp³-hybridized carbons (Fsp3) is 0.789. The maximum absolute atomic E-state index is 12.4. The number of esters is 2. The van der Waals surface area contributed by atoms with Crippen LogP contribution in [0.1, 0.15) is 174 Å². The molecule has 0 saturated heterocycles. The van der Waals surface area contributed by atoms with E-state index in [0.717, 1.165) is 64.2 Å². The van der Waals surface area contributed by atoms with Crippen LogP contribution in [0.15, 0.2) is 36.5 Å². The van der Waals surface area contributed by atoms with Crippen molar-refractivity contribution in [2.24, 2.45) is 0 Å². The minimum Gasteiger partial charge on any atom is -0.462 e. The number of carbonyl (C=O) groups excluding carboxylic acids is 2. The highest BCUT2D eigenvalue weighted by Crippen LogP contribution is 2.36. The molecule has 0 aromatic rings. The maximum atomic E-state index is 12.4. The van der Waals surface area contributed by atoms with Crippen molar-refractivity contribution in [1.29, 1.82) is 0 Å². The van der Waals surface area contributed by atoms with Crippen LogP contribution in [0.4, 0.5) is 0 Å². The lowest BCUT2D eigenvalue weighted by Gasteiger charge is -2.18. The normalized spacial score (nSPS) is 12.9. The molecule has 1 atom stereocenters. The van der Waals surface area contributed by atoms with Gasteiger partial charge in [0.05, 0.1) is 6.61 Å². The highest BCUT2D eigenvalue weighted by molar-refractivity contribution is 7.46. The maximum Gasteiger partial charge on any atom is 0.469 e. The predicted octanol–water partition coefficient (Wildman–Crippen LogP) is 11.0. The first-order chi connectivity index (χ1) is 22.8. The summed E-state index contributed by atoms with van der Waals surface area (Å²) >= 11 is 0. The number of phosphoric acid groups is 1. The van der Waals surface area contributed by atoms with Gasteiger partial charge in [0.1, 0.15) is 6.61 Å². The van der Waals surface area contributed by atoms with E-state index in [9.17, 15) is 14.2 Å². The van der Waals surface area contributed by atoms with Gasteiger partial charge in [-0.25, -0.2) is 4.57 Å². The lowest BCUT2D eigenvalue weighted by Crippen LogP contribution is -2.29. The van der Waals surface area contributed by atoms with E-state index in [2.05, 4.69) is 54.8 Å². The molecule has 0 aromatic heterocycles. The van der Waals surface area contributed by atoms with Crippen molar-refractivity contribution in [3.8, 4) is 0 Å². The molecule has 0 fully saturated rings. The average molecular weight is 685 g/mol. The van der Waals surface area contributed by atoms with E-state index in [4.69, 9.17) is 19.3 Å². The number of ether oxygens (including phenoxy) is 2. The van der Waals surface area contributed by atoms with E-state index >= 15 is 0 Å². The summed E-state index contributed by atoms with van der Waals surface area (Å²) in [6.07, 6.45) is 38.6. The van der Waals surface area contributed by atoms with Crippen molar-refractivity contribution < 1.29 is 37.9 Å². The number of hydrogen-bond donors (Lipinski definition) is 2. The molecule has 0 aliphatic heterocycles. The van der Waals surface area contributed by atoms with Gasteiger partial charge in [0.25, 0.3) is 0 Å². The smallest absolute Gasteiger partial charge is 0.462 e.